The highest BCUT2D eigenvalue weighted by molar-refractivity contribution is 7.09. The van der Waals surface area contributed by atoms with Gasteiger partial charge in [-0.15, -0.1) is 11.3 Å². The number of carbonyl (C=O) groups excluding carboxylic acids is 2. The zero-order valence-electron chi connectivity index (χ0n) is 15.5. The SMILES string of the molecule is CCOc1ccccc1C(=O)NCC(=O)N1CCN(Cc2cccs2)CC1. The highest BCUT2D eigenvalue weighted by Crippen LogP contribution is 2.17. The fourth-order valence-corrected chi connectivity index (χ4v) is 3.82. The number of benzene rings is 1. The highest BCUT2D eigenvalue weighted by atomic mass is 32.1. The van der Waals surface area contributed by atoms with E-state index in [0.29, 0.717) is 31.0 Å². The van der Waals surface area contributed by atoms with Crippen LogP contribution in [0.4, 0.5) is 0 Å². The molecule has 1 saturated heterocycles. The molecule has 3 rings (SSSR count). The minimum Gasteiger partial charge on any atom is -0.493 e. The van der Waals surface area contributed by atoms with Crippen LogP contribution >= 0.6 is 11.3 Å². The minimum atomic E-state index is -0.288. The molecule has 1 aromatic heterocycles. The molecule has 144 valence electrons. The molecule has 2 aromatic rings. The van der Waals surface area contributed by atoms with Crippen LogP contribution in [-0.4, -0.2) is 60.9 Å². The number of nitrogens with one attached hydrogen (secondary N) is 1. The van der Waals surface area contributed by atoms with Crippen molar-refractivity contribution in [2.75, 3.05) is 39.3 Å². The maximum atomic E-state index is 12.4. The van der Waals surface area contributed by atoms with Gasteiger partial charge >= 0.3 is 0 Å². The Morgan fingerprint density at radius 2 is 1.89 bits per heavy atom. The number of piperazine rings is 1. The summed E-state index contributed by atoms with van der Waals surface area (Å²) in [6.07, 6.45) is 0. The van der Waals surface area contributed by atoms with Gasteiger partial charge in [-0.05, 0) is 30.5 Å². The minimum absolute atomic E-state index is 0.00418. The maximum Gasteiger partial charge on any atom is 0.255 e. The average Bonchev–Trinajstić information content (AvgIpc) is 3.20. The standard InChI is InChI=1S/C20H25N3O3S/c1-2-26-18-8-4-3-7-17(18)20(25)21-14-19(24)23-11-9-22(10-12-23)15-16-6-5-13-27-16/h3-8,13H,2,9-12,14-15H2,1H3,(H,21,25). The molecule has 0 atom stereocenters. The predicted octanol–water partition coefficient (Wildman–Crippen LogP) is 2.22. The van der Waals surface area contributed by atoms with E-state index in [1.54, 1.807) is 29.5 Å². The molecule has 6 nitrogen and oxygen atoms in total. The number of para-hydroxylation sites is 1. The van der Waals surface area contributed by atoms with E-state index in [2.05, 4.69) is 27.7 Å². The van der Waals surface area contributed by atoms with E-state index in [1.165, 1.54) is 4.88 Å². The van der Waals surface area contributed by atoms with Gasteiger partial charge in [0.15, 0.2) is 0 Å². The third kappa shape index (κ3) is 5.30. The van der Waals surface area contributed by atoms with Gasteiger partial charge in [0, 0.05) is 37.6 Å². The van der Waals surface area contributed by atoms with Crippen LogP contribution in [0.5, 0.6) is 5.75 Å². The van der Waals surface area contributed by atoms with Gasteiger partial charge in [-0.25, -0.2) is 0 Å². The van der Waals surface area contributed by atoms with E-state index in [0.717, 1.165) is 19.6 Å². The summed E-state index contributed by atoms with van der Waals surface area (Å²) in [5.41, 5.74) is 0.452. The van der Waals surface area contributed by atoms with Crippen LogP contribution < -0.4 is 10.1 Å². The molecular weight excluding hydrogens is 362 g/mol. The van der Waals surface area contributed by atoms with E-state index in [1.807, 2.05) is 17.9 Å². The maximum absolute atomic E-state index is 12.4. The summed E-state index contributed by atoms with van der Waals surface area (Å²) in [7, 11) is 0. The number of carbonyl (C=O) groups is 2. The summed E-state index contributed by atoms with van der Waals surface area (Å²) < 4.78 is 5.48. The highest BCUT2D eigenvalue weighted by Gasteiger charge is 2.22. The molecule has 1 N–H and O–H groups in total. The summed E-state index contributed by atoms with van der Waals surface area (Å²) in [5, 5.41) is 4.81. The van der Waals surface area contributed by atoms with Crippen molar-refractivity contribution in [2.45, 2.75) is 13.5 Å². The second-order valence-corrected chi connectivity index (χ2v) is 7.38. The van der Waals surface area contributed by atoms with E-state index in [-0.39, 0.29) is 18.4 Å². The van der Waals surface area contributed by atoms with Gasteiger partial charge in [0.25, 0.3) is 5.91 Å². The Labute approximate surface area is 163 Å². The lowest BCUT2D eigenvalue weighted by Gasteiger charge is -2.34. The number of ether oxygens (including phenoxy) is 1. The molecule has 7 heteroatoms. The Balaban J connectivity index is 1.45. The molecule has 1 aliphatic rings. The lowest BCUT2D eigenvalue weighted by atomic mass is 10.2. The Morgan fingerprint density at radius 1 is 1.11 bits per heavy atom. The first-order valence-corrected chi connectivity index (χ1v) is 10.1. The molecule has 0 unspecified atom stereocenters. The molecule has 0 radical (unpaired) electrons. The van der Waals surface area contributed by atoms with Gasteiger partial charge in [0.2, 0.25) is 5.91 Å². The van der Waals surface area contributed by atoms with Crippen molar-refractivity contribution in [1.29, 1.82) is 0 Å². The number of rotatable bonds is 7. The number of hydrogen-bond donors (Lipinski definition) is 1. The van der Waals surface area contributed by atoms with Crippen molar-refractivity contribution in [3.8, 4) is 5.75 Å². The van der Waals surface area contributed by atoms with Crippen molar-refractivity contribution < 1.29 is 14.3 Å². The molecule has 2 heterocycles. The fourth-order valence-electron chi connectivity index (χ4n) is 3.08. The average molecular weight is 388 g/mol. The fraction of sp³-hybridized carbons (Fsp3) is 0.400. The van der Waals surface area contributed by atoms with E-state index >= 15 is 0 Å². The van der Waals surface area contributed by atoms with Crippen LogP contribution in [0.1, 0.15) is 22.2 Å². The molecule has 0 spiro atoms. The topological polar surface area (TPSA) is 61.9 Å². The lowest BCUT2D eigenvalue weighted by Crippen LogP contribution is -2.50. The number of amides is 2. The van der Waals surface area contributed by atoms with Crippen molar-refractivity contribution in [1.82, 2.24) is 15.1 Å². The Bertz CT molecular complexity index is 756. The Kier molecular flexibility index (Phi) is 6.84. The second kappa shape index (κ2) is 9.53. The smallest absolute Gasteiger partial charge is 0.255 e. The summed E-state index contributed by atoms with van der Waals surface area (Å²) >= 11 is 1.76. The third-order valence-electron chi connectivity index (χ3n) is 4.52. The van der Waals surface area contributed by atoms with Crippen molar-refractivity contribution in [2.24, 2.45) is 0 Å². The van der Waals surface area contributed by atoms with E-state index < -0.39 is 0 Å². The van der Waals surface area contributed by atoms with Crippen molar-refractivity contribution in [3.63, 3.8) is 0 Å². The van der Waals surface area contributed by atoms with Crippen molar-refractivity contribution in [3.05, 3.63) is 52.2 Å². The van der Waals surface area contributed by atoms with Gasteiger partial charge < -0.3 is 15.0 Å². The number of thiophene rings is 1. The largest absolute Gasteiger partial charge is 0.493 e. The third-order valence-corrected chi connectivity index (χ3v) is 5.38. The van der Waals surface area contributed by atoms with Gasteiger partial charge in [0.05, 0.1) is 18.7 Å². The van der Waals surface area contributed by atoms with Crippen LogP contribution in [0, 0.1) is 0 Å². The van der Waals surface area contributed by atoms with Gasteiger partial charge in [0.1, 0.15) is 5.75 Å². The van der Waals surface area contributed by atoms with E-state index in [9.17, 15) is 9.59 Å². The first kappa shape index (κ1) is 19.4. The second-order valence-electron chi connectivity index (χ2n) is 6.35. The van der Waals surface area contributed by atoms with Crippen LogP contribution in [0.3, 0.4) is 0 Å². The first-order chi connectivity index (χ1) is 13.2. The van der Waals surface area contributed by atoms with Crippen molar-refractivity contribution >= 4 is 23.2 Å². The molecular formula is C20H25N3O3S. The quantitative estimate of drug-likeness (QED) is 0.791. The summed E-state index contributed by atoms with van der Waals surface area (Å²) in [6.45, 7) is 6.38. The summed E-state index contributed by atoms with van der Waals surface area (Å²) in [5.74, 6) is 0.198. The zero-order valence-corrected chi connectivity index (χ0v) is 16.3. The number of nitrogens with zero attached hydrogens (tertiary/aromatic N) is 2. The molecule has 27 heavy (non-hydrogen) atoms. The number of hydrogen-bond acceptors (Lipinski definition) is 5. The monoisotopic (exact) mass is 387 g/mol. The van der Waals surface area contributed by atoms with E-state index in [4.69, 9.17) is 4.74 Å². The molecule has 0 bridgehead atoms. The van der Waals surface area contributed by atoms with Gasteiger partial charge in [-0.3, -0.25) is 14.5 Å². The Hall–Kier alpha value is -2.38. The zero-order chi connectivity index (χ0) is 19.1. The van der Waals surface area contributed by atoms with Crippen LogP contribution in [-0.2, 0) is 11.3 Å². The normalized spacial score (nSPS) is 14.8. The summed E-state index contributed by atoms with van der Waals surface area (Å²) in [4.78, 5) is 30.3. The molecule has 1 aromatic carbocycles. The van der Waals surface area contributed by atoms with Crippen LogP contribution in [0.15, 0.2) is 41.8 Å². The first-order valence-electron chi connectivity index (χ1n) is 9.20. The van der Waals surface area contributed by atoms with Crippen LogP contribution in [0.25, 0.3) is 0 Å². The molecule has 0 saturated carbocycles. The van der Waals surface area contributed by atoms with Gasteiger partial charge in [-0.1, -0.05) is 18.2 Å². The summed E-state index contributed by atoms with van der Waals surface area (Å²) in [6, 6.07) is 11.3. The molecule has 0 aliphatic carbocycles. The lowest BCUT2D eigenvalue weighted by molar-refractivity contribution is -0.131. The van der Waals surface area contributed by atoms with Gasteiger partial charge in [-0.2, -0.15) is 0 Å². The molecule has 2 amide bonds. The Morgan fingerprint density at radius 3 is 2.59 bits per heavy atom. The predicted molar refractivity (Wildman–Crippen MR) is 106 cm³/mol. The molecule has 1 fully saturated rings. The van der Waals surface area contributed by atoms with Crippen LogP contribution in [0.2, 0.25) is 0 Å². The molecule has 1 aliphatic heterocycles.